The summed E-state index contributed by atoms with van der Waals surface area (Å²) in [5.41, 5.74) is 4.66. The standard InChI is InChI=1S/C19H20N2O2S/c1-11-5-6-12(2)15(9-11)18(22)13(3)24-19-20-16-8-7-14(23-4)10-17(16)21-19/h5-10,13H,1-4H3,(H,20,21). The van der Waals surface area contributed by atoms with Crippen molar-refractivity contribution >= 4 is 28.6 Å². The Labute approximate surface area is 145 Å². The first kappa shape index (κ1) is 16.6. The molecule has 1 heterocycles. The number of hydrogen-bond acceptors (Lipinski definition) is 4. The Kier molecular flexibility index (Phi) is 4.62. The second kappa shape index (κ2) is 6.69. The lowest BCUT2D eigenvalue weighted by Crippen LogP contribution is -2.15. The number of rotatable bonds is 5. The van der Waals surface area contributed by atoms with Gasteiger partial charge in [0.2, 0.25) is 0 Å². The number of carbonyl (C=O) groups is 1. The maximum atomic E-state index is 12.8. The van der Waals surface area contributed by atoms with Crippen LogP contribution in [0.1, 0.15) is 28.4 Å². The topological polar surface area (TPSA) is 55.0 Å². The highest BCUT2D eigenvalue weighted by atomic mass is 32.2. The van der Waals surface area contributed by atoms with Gasteiger partial charge in [0.05, 0.1) is 23.4 Å². The predicted octanol–water partition coefficient (Wildman–Crippen LogP) is 4.55. The quantitative estimate of drug-likeness (QED) is 0.547. The van der Waals surface area contributed by atoms with E-state index < -0.39 is 0 Å². The fourth-order valence-corrected chi connectivity index (χ4v) is 3.48. The number of fused-ring (bicyclic) bond motifs is 1. The van der Waals surface area contributed by atoms with Gasteiger partial charge in [-0.1, -0.05) is 29.5 Å². The number of Topliss-reactive ketones (excluding diaryl/α,β-unsaturated/α-hetero) is 1. The highest BCUT2D eigenvalue weighted by Gasteiger charge is 2.20. The third-order valence-electron chi connectivity index (χ3n) is 3.98. The minimum absolute atomic E-state index is 0.124. The molecule has 1 unspecified atom stereocenters. The largest absolute Gasteiger partial charge is 0.497 e. The molecule has 24 heavy (non-hydrogen) atoms. The molecule has 0 saturated carbocycles. The molecule has 124 valence electrons. The number of hydrogen-bond donors (Lipinski definition) is 1. The smallest absolute Gasteiger partial charge is 0.176 e. The summed E-state index contributed by atoms with van der Waals surface area (Å²) >= 11 is 1.44. The van der Waals surface area contributed by atoms with E-state index in [1.807, 2.05) is 57.2 Å². The number of aromatic amines is 1. The van der Waals surface area contributed by atoms with Crippen LogP contribution in [-0.4, -0.2) is 28.1 Å². The maximum absolute atomic E-state index is 12.8. The van der Waals surface area contributed by atoms with E-state index in [2.05, 4.69) is 9.97 Å². The number of ketones is 1. The minimum atomic E-state index is -0.215. The fraction of sp³-hybridized carbons (Fsp3) is 0.263. The first-order valence-electron chi connectivity index (χ1n) is 7.80. The molecule has 3 aromatic rings. The second-order valence-corrected chi connectivity index (χ2v) is 7.20. The van der Waals surface area contributed by atoms with Gasteiger partial charge in [0, 0.05) is 11.6 Å². The van der Waals surface area contributed by atoms with Gasteiger partial charge in [-0.3, -0.25) is 4.79 Å². The molecule has 0 saturated heterocycles. The van der Waals surface area contributed by atoms with Crippen LogP contribution in [0.2, 0.25) is 0 Å². The number of nitrogens with one attached hydrogen (secondary N) is 1. The lowest BCUT2D eigenvalue weighted by atomic mass is 10.0. The number of carbonyl (C=O) groups excluding carboxylic acids is 1. The van der Waals surface area contributed by atoms with Gasteiger partial charge in [-0.15, -0.1) is 0 Å². The van der Waals surface area contributed by atoms with E-state index in [1.165, 1.54) is 11.8 Å². The van der Waals surface area contributed by atoms with Crippen molar-refractivity contribution in [3.63, 3.8) is 0 Å². The molecule has 0 spiro atoms. The van der Waals surface area contributed by atoms with E-state index in [4.69, 9.17) is 4.74 Å². The predicted molar refractivity (Wildman–Crippen MR) is 98.2 cm³/mol. The van der Waals surface area contributed by atoms with Crippen LogP contribution in [0.3, 0.4) is 0 Å². The zero-order valence-corrected chi connectivity index (χ0v) is 15.0. The summed E-state index contributed by atoms with van der Waals surface area (Å²) in [5, 5.41) is 0.525. The number of methoxy groups -OCH3 is 1. The summed E-state index contributed by atoms with van der Waals surface area (Å²) in [6, 6.07) is 11.7. The monoisotopic (exact) mass is 340 g/mol. The van der Waals surface area contributed by atoms with E-state index in [0.717, 1.165) is 38.6 Å². The number of benzene rings is 2. The summed E-state index contributed by atoms with van der Waals surface area (Å²) in [4.78, 5) is 20.6. The van der Waals surface area contributed by atoms with Crippen LogP contribution >= 0.6 is 11.8 Å². The van der Waals surface area contributed by atoms with Crippen LogP contribution in [0, 0.1) is 13.8 Å². The van der Waals surface area contributed by atoms with E-state index in [1.54, 1.807) is 7.11 Å². The van der Waals surface area contributed by atoms with Crippen molar-refractivity contribution in [2.75, 3.05) is 7.11 Å². The minimum Gasteiger partial charge on any atom is -0.497 e. The average molecular weight is 340 g/mol. The maximum Gasteiger partial charge on any atom is 0.176 e. The number of ether oxygens (including phenoxy) is 1. The van der Waals surface area contributed by atoms with Gasteiger partial charge in [-0.2, -0.15) is 0 Å². The van der Waals surface area contributed by atoms with Crippen molar-refractivity contribution in [3.8, 4) is 5.75 Å². The molecule has 0 bridgehead atoms. The Morgan fingerprint density at radius 2 is 2.00 bits per heavy atom. The van der Waals surface area contributed by atoms with Crippen molar-refractivity contribution in [1.29, 1.82) is 0 Å². The van der Waals surface area contributed by atoms with E-state index in [-0.39, 0.29) is 11.0 Å². The molecule has 0 aliphatic carbocycles. The summed E-state index contributed by atoms with van der Waals surface area (Å²) in [7, 11) is 1.64. The Hall–Kier alpha value is -2.27. The van der Waals surface area contributed by atoms with Crippen LogP contribution in [0.5, 0.6) is 5.75 Å². The molecule has 5 heteroatoms. The Morgan fingerprint density at radius 1 is 1.21 bits per heavy atom. The van der Waals surface area contributed by atoms with Crippen LogP contribution < -0.4 is 4.74 Å². The van der Waals surface area contributed by atoms with E-state index >= 15 is 0 Å². The lowest BCUT2D eigenvalue weighted by molar-refractivity contribution is 0.0993. The molecule has 0 fully saturated rings. The van der Waals surface area contributed by atoms with Crippen molar-refractivity contribution in [2.45, 2.75) is 31.2 Å². The van der Waals surface area contributed by atoms with Crippen LogP contribution in [0.15, 0.2) is 41.6 Å². The van der Waals surface area contributed by atoms with Gasteiger partial charge < -0.3 is 9.72 Å². The van der Waals surface area contributed by atoms with Crippen molar-refractivity contribution in [2.24, 2.45) is 0 Å². The van der Waals surface area contributed by atoms with Gasteiger partial charge in [-0.25, -0.2) is 4.98 Å². The van der Waals surface area contributed by atoms with Crippen LogP contribution in [0.4, 0.5) is 0 Å². The Morgan fingerprint density at radius 3 is 2.75 bits per heavy atom. The zero-order valence-electron chi connectivity index (χ0n) is 14.2. The van der Waals surface area contributed by atoms with Crippen molar-refractivity contribution < 1.29 is 9.53 Å². The normalized spacial score (nSPS) is 12.3. The number of imidazole rings is 1. The molecular formula is C19H20N2O2S. The molecule has 1 atom stereocenters. The summed E-state index contributed by atoms with van der Waals surface area (Å²) in [6.07, 6.45) is 0. The van der Waals surface area contributed by atoms with Gasteiger partial charge >= 0.3 is 0 Å². The van der Waals surface area contributed by atoms with Gasteiger partial charge in [-0.05, 0) is 44.5 Å². The first-order chi connectivity index (χ1) is 11.5. The van der Waals surface area contributed by atoms with Gasteiger partial charge in [0.25, 0.3) is 0 Å². The third kappa shape index (κ3) is 3.31. The highest BCUT2D eigenvalue weighted by Crippen LogP contribution is 2.28. The molecular weight excluding hydrogens is 320 g/mol. The van der Waals surface area contributed by atoms with E-state index in [0.29, 0.717) is 0 Å². The number of aromatic nitrogens is 2. The molecule has 3 rings (SSSR count). The summed E-state index contributed by atoms with van der Waals surface area (Å²) in [6.45, 7) is 5.89. The average Bonchev–Trinajstić information content (AvgIpc) is 2.97. The fourth-order valence-electron chi connectivity index (χ4n) is 2.59. The molecule has 2 aromatic carbocycles. The lowest BCUT2D eigenvalue weighted by Gasteiger charge is -2.11. The third-order valence-corrected chi connectivity index (χ3v) is 4.97. The van der Waals surface area contributed by atoms with Crippen LogP contribution in [-0.2, 0) is 0 Å². The number of H-pyrrole nitrogens is 1. The molecule has 0 aliphatic heterocycles. The van der Waals surface area contributed by atoms with Gasteiger partial charge in [0.15, 0.2) is 10.9 Å². The zero-order chi connectivity index (χ0) is 17.3. The van der Waals surface area contributed by atoms with Crippen LogP contribution in [0.25, 0.3) is 11.0 Å². The molecule has 4 nitrogen and oxygen atoms in total. The van der Waals surface area contributed by atoms with Crippen molar-refractivity contribution in [1.82, 2.24) is 9.97 Å². The molecule has 1 aromatic heterocycles. The Bertz CT molecular complexity index is 902. The van der Waals surface area contributed by atoms with Gasteiger partial charge in [0.1, 0.15) is 5.75 Å². The SMILES string of the molecule is COc1ccc2nc(SC(C)C(=O)c3cc(C)ccc3C)[nH]c2c1. The summed E-state index contributed by atoms with van der Waals surface area (Å²) < 4.78 is 5.22. The number of aryl methyl sites for hydroxylation is 2. The van der Waals surface area contributed by atoms with E-state index in [9.17, 15) is 4.79 Å². The molecule has 0 aliphatic rings. The second-order valence-electron chi connectivity index (χ2n) is 5.87. The molecule has 1 N–H and O–H groups in total. The Balaban J connectivity index is 1.82. The van der Waals surface area contributed by atoms with Crippen molar-refractivity contribution in [3.05, 3.63) is 53.1 Å². The summed E-state index contributed by atoms with van der Waals surface area (Å²) in [5.74, 6) is 0.904. The molecule has 0 amide bonds. The number of nitrogens with zero attached hydrogens (tertiary/aromatic N) is 1. The number of thioether (sulfide) groups is 1. The highest BCUT2D eigenvalue weighted by molar-refractivity contribution is 8.00. The molecule has 0 radical (unpaired) electrons. The first-order valence-corrected chi connectivity index (χ1v) is 8.68.